The van der Waals surface area contributed by atoms with Crippen LogP contribution in [-0.4, -0.2) is 22.4 Å². The third kappa shape index (κ3) is 3.58. The Bertz CT molecular complexity index is 339. The molecule has 0 aliphatic carbocycles. The van der Waals surface area contributed by atoms with Crippen LogP contribution in [0.25, 0.3) is 0 Å². The minimum absolute atomic E-state index is 0.596. The van der Waals surface area contributed by atoms with Gasteiger partial charge in [-0.25, -0.2) is 0 Å². The summed E-state index contributed by atoms with van der Waals surface area (Å²) in [6, 6.07) is 6.07. The first-order valence-electron chi connectivity index (χ1n) is 5.66. The third-order valence-corrected chi connectivity index (χ3v) is 3.81. The molecule has 0 aromatic heterocycles. The Balaban J connectivity index is 2.58. The molecule has 0 saturated carbocycles. The highest BCUT2D eigenvalue weighted by molar-refractivity contribution is 9.10. The summed E-state index contributed by atoms with van der Waals surface area (Å²) < 4.78 is 1.09. The molecule has 2 nitrogen and oxygen atoms in total. The zero-order valence-corrected chi connectivity index (χ0v) is 11.4. The molecule has 2 N–H and O–H groups in total. The topological polar surface area (TPSA) is 40.5 Å². The molecule has 1 aromatic rings. The van der Waals surface area contributed by atoms with Crippen molar-refractivity contribution in [3.05, 3.63) is 33.8 Å². The predicted octanol–water partition coefficient (Wildman–Crippen LogP) is 2.82. The molecule has 1 rings (SSSR count). The molecule has 0 bridgehead atoms. The zero-order chi connectivity index (χ0) is 12.1. The van der Waals surface area contributed by atoms with Crippen LogP contribution in [0.3, 0.4) is 0 Å². The maximum absolute atomic E-state index is 9.68. The highest BCUT2D eigenvalue weighted by atomic mass is 79.9. The lowest BCUT2D eigenvalue weighted by atomic mass is 9.99. The molecule has 90 valence electrons. The monoisotopic (exact) mass is 286 g/mol. The maximum atomic E-state index is 9.68. The molecule has 2 unspecified atom stereocenters. The number of aryl methyl sites for hydroxylation is 1. The van der Waals surface area contributed by atoms with E-state index in [2.05, 4.69) is 28.9 Å². The van der Waals surface area contributed by atoms with Crippen molar-refractivity contribution in [3.63, 3.8) is 0 Å². The smallest absolute Gasteiger partial charge is 0.0802 e. The molecule has 1 aromatic carbocycles. The van der Waals surface area contributed by atoms with E-state index in [1.165, 1.54) is 11.1 Å². The molecule has 0 radical (unpaired) electrons. The third-order valence-electron chi connectivity index (χ3n) is 2.95. The van der Waals surface area contributed by atoms with Crippen LogP contribution in [0.5, 0.6) is 0 Å². The highest BCUT2D eigenvalue weighted by Crippen LogP contribution is 2.21. The highest BCUT2D eigenvalue weighted by Gasteiger charge is 2.14. The van der Waals surface area contributed by atoms with E-state index in [-0.39, 0.29) is 0 Å². The van der Waals surface area contributed by atoms with Crippen molar-refractivity contribution in [2.75, 3.05) is 0 Å². The van der Waals surface area contributed by atoms with E-state index in [1.807, 2.05) is 19.1 Å². The summed E-state index contributed by atoms with van der Waals surface area (Å²) in [7, 11) is 0. The Labute approximate surface area is 105 Å². The van der Waals surface area contributed by atoms with Crippen LogP contribution in [0.2, 0.25) is 0 Å². The number of hydrogen-bond acceptors (Lipinski definition) is 2. The lowest BCUT2D eigenvalue weighted by Gasteiger charge is -2.16. The summed E-state index contributed by atoms with van der Waals surface area (Å²) in [6.07, 6.45) is 0.768. The van der Waals surface area contributed by atoms with Gasteiger partial charge in [0.25, 0.3) is 0 Å². The van der Waals surface area contributed by atoms with Crippen LogP contribution >= 0.6 is 15.9 Å². The van der Waals surface area contributed by atoms with Crippen LogP contribution in [0, 0.1) is 6.92 Å². The molecule has 0 fully saturated rings. The fourth-order valence-corrected chi connectivity index (χ4v) is 2.10. The van der Waals surface area contributed by atoms with Crippen LogP contribution in [0.1, 0.15) is 30.9 Å². The normalized spacial score (nSPS) is 14.8. The molecule has 0 amide bonds. The van der Waals surface area contributed by atoms with Crippen molar-refractivity contribution in [3.8, 4) is 0 Å². The van der Waals surface area contributed by atoms with Gasteiger partial charge in [0.15, 0.2) is 0 Å². The number of aliphatic hydroxyl groups is 2. The molecular weight excluding hydrogens is 268 g/mol. The quantitative estimate of drug-likeness (QED) is 0.874. The summed E-state index contributed by atoms with van der Waals surface area (Å²) in [5, 5.41) is 19.1. The van der Waals surface area contributed by atoms with E-state index >= 15 is 0 Å². The number of hydrogen-bond donors (Lipinski definition) is 2. The molecule has 0 aliphatic heterocycles. The molecule has 0 aliphatic rings. The minimum Gasteiger partial charge on any atom is -0.390 e. The maximum Gasteiger partial charge on any atom is 0.0802 e. The fourth-order valence-electron chi connectivity index (χ4n) is 1.69. The van der Waals surface area contributed by atoms with Gasteiger partial charge in [0, 0.05) is 4.47 Å². The first kappa shape index (κ1) is 13.7. The SMILES string of the molecule is CCC(O)C(O)CCc1cccc(Br)c1C. The summed E-state index contributed by atoms with van der Waals surface area (Å²) in [5.41, 5.74) is 2.43. The molecule has 16 heavy (non-hydrogen) atoms. The Morgan fingerprint density at radius 3 is 2.56 bits per heavy atom. The molecular formula is C13H19BrO2. The van der Waals surface area contributed by atoms with Gasteiger partial charge in [0.1, 0.15) is 0 Å². The Morgan fingerprint density at radius 1 is 1.25 bits per heavy atom. The summed E-state index contributed by atoms with van der Waals surface area (Å²) in [6.45, 7) is 3.93. The van der Waals surface area contributed by atoms with Crippen LogP contribution in [0.15, 0.2) is 22.7 Å². The van der Waals surface area contributed by atoms with Gasteiger partial charge in [0.05, 0.1) is 12.2 Å². The van der Waals surface area contributed by atoms with E-state index in [1.54, 1.807) is 0 Å². The summed E-state index contributed by atoms with van der Waals surface area (Å²) in [4.78, 5) is 0. The lowest BCUT2D eigenvalue weighted by Crippen LogP contribution is -2.25. The second-order valence-corrected chi connectivity index (χ2v) is 4.96. The van der Waals surface area contributed by atoms with Crippen molar-refractivity contribution in [2.45, 2.75) is 45.3 Å². The van der Waals surface area contributed by atoms with Gasteiger partial charge in [-0.3, -0.25) is 0 Å². The Morgan fingerprint density at radius 2 is 1.94 bits per heavy atom. The summed E-state index contributed by atoms with van der Waals surface area (Å²) in [5.74, 6) is 0. The van der Waals surface area contributed by atoms with Crippen LogP contribution in [0.4, 0.5) is 0 Å². The van der Waals surface area contributed by atoms with Crippen LogP contribution in [-0.2, 0) is 6.42 Å². The zero-order valence-electron chi connectivity index (χ0n) is 9.78. The van der Waals surface area contributed by atoms with Gasteiger partial charge in [-0.15, -0.1) is 0 Å². The molecule has 0 spiro atoms. The van der Waals surface area contributed by atoms with Crippen molar-refractivity contribution in [2.24, 2.45) is 0 Å². The Kier molecular flexibility index (Phi) is 5.46. The molecule has 2 atom stereocenters. The Hall–Kier alpha value is -0.380. The van der Waals surface area contributed by atoms with E-state index in [4.69, 9.17) is 0 Å². The number of aliphatic hydroxyl groups excluding tert-OH is 2. The first-order valence-corrected chi connectivity index (χ1v) is 6.45. The van der Waals surface area contributed by atoms with E-state index < -0.39 is 12.2 Å². The van der Waals surface area contributed by atoms with Crippen molar-refractivity contribution in [1.29, 1.82) is 0 Å². The van der Waals surface area contributed by atoms with Crippen LogP contribution < -0.4 is 0 Å². The fraction of sp³-hybridized carbons (Fsp3) is 0.538. The molecule has 0 saturated heterocycles. The summed E-state index contributed by atoms with van der Waals surface area (Å²) >= 11 is 3.48. The number of halogens is 1. The average molecular weight is 287 g/mol. The van der Waals surface area contributed by atoms with Crippen molar-refractivity contribution >= 4 is 15.9 Å². The van der Waals surface area contributed by atoms with Gasteiger partial charge in [-0.05, 0) is 43.4 Å². The second kappa shape index (κ2) is 6.38. The lowest BCUT2D eigenvalue weighted by molar-refractivity contribution is 0.0130. The standard InChI is InChI=1S/C13H19BrO2/c1-3-12(15)13(16)8-7-10-5-4-6-11(14)9(10)2/h4-6,12-13,15-16H,3,7-8H2,1-2H3. The van der Waals surface area contributed by atoms with Gasteiger partial charge < -0.3 is 10.2 Å². The number of benzene rings is 1. The molecule has 3 heteroatoms. The van der Waals surface area contributed by atoms with Gasteiger partial charge >= 0.3 is 0 Å². The largest absolute Gasteiger partial charge is 0.390 e. The predicted molar refractivity (Wildman–Crippen MR) is 69.5 cm³/mol. The van der Waals surface area contributed by atoms with Gasteiger partial charge in [-0.2, -0.15) is 0 Å². The van der Waals surface area contributed by atoms with E-state index in [0.29, 0.717) is 12.8 Å². The first-order chi connectivity index (χ1) is 7.56. The van der Waals surface area contributed by atoms with Crippen molar-refractivity contribution in [1.82, 2.24) is 0 Å². The van der Waals surface area contributed by atoms with Crippen molar-refractivity contribution < 1.29 is 10.2 Å². The second-order valence-electron chi connectivity index (χ2n) is 4.11. The molecule has 0 heterocycles. The average Bonchev–Trinajstić information content (AvgIpc) is 2.29. The van der Waals surface area contributed by atoms with E-state index in [0.717, 1.165) is 10.9 Å². The van der Waals surface area contributed by atoms with Gasteiger partial charge in [-0.1, -0.05) is 35.0 Å². The minimum atomic E-state index is -0.622. The van der Waals surface area contributed by atoms with E-state index in [9.17, 15) is 10.2 Å². The number of rotatable bonds is 5. The van der Waals surface area contributed by atoms with Gasteiger partial charge in [0.2, 0.25) is 0 Å².